The molecule has 0 aliphatic rings. The summed E-state index contributed by atoms with van der Waals surface area (Å²) >= 11 is 0. The number of nitrogens with zero attached hydrogens (tertiary/aromatic N) is 1. The fraction of sp³-hybridized carbons (Fsp3) is 0.263. The van der Waals surface area contributed by atoms with E-state index in [2.05, 4.69) is 61.0 Å². The van der Waals surface area contributed by atoms with E-state index < -0.39 is 0 Å². The highest BCUT2D eigenvalue weighted by atomic mass is 16.5. The van der Waals surface area contributed by atoms with Crippen molar-refractivity contribution < 1.29 is 4.74 Å². The van der Waals surface area contributed by atoms with Gasteiger partial charge in [0.1, 0.15) is 5.75 Å². The average Bonchev–Trinajstić information content (AvgIpc) is 2.88. The van der Waals surface area contributed by atoms with Crippen molar-refractivity contribution in [3.05, 3.63) is 65.4 Å². The topological polar surface area (TPSA) is 14.2 Å². The maximum absolute atomic E-state index is 5.72. The van der Waals surface area contributed by atoms with Crippen molar-refractivity contribution in [3.8, 4) is 5.75 Å². The quantitative estimate of drug-likeness (QED) is 0.675. The van der Waals surface area contributed by atoms with Crippen LogP contribution in [-0.4, -0.2) is 11.2 Å². The Morgan fingerprint density at radius 3 is 2.38 bits per heavy atom. The van der Waals surface area contributed by atoms with Gasteiger partial charge in [-0.2, -0.15) is 0 Å². The molecule has 2 nitrogen and oxygen atoms in total. The predicted octanol–water partition coefficient (Wildman–Crippen LogP) is 4.71. The minimum absolute atomic E-state index is 0.696. The molecule has 2 heteroatoms. The molecule has 0 spiro atoms. The molecule has 21 heavy (non-hydrogen) atoms. The summed E-state index contributed by atoms with van der Waals surface area (Å²) < 4.78 is 8.02. The lowest BCUT2D eigenvalue weighted by atomic mass is 10.0. The van der Waals surface area contributed by atoms with Gasteiger partial charge in [0.2, 0.25) is 0 Å². The van der Waals surface area contributed by atoms with E-state index in [1.807, 2.05) is 13.0 Å². The van der Waals surface area contributed by atoms with Crippen LogP contribution in [0.1, 0.15) is 23.6 Å². The lowest BCUT2D eigenvalue weighted by molar-refractivity contribution is 0.344. The van der Waals surface area contributed by atoms with Crippen LogP contribution in [0.15, 0.2) is 48.7 Å². The fourth-order valence-corrected chi connectivity index (χ4v) is 2.88. The molecule has 0 unspecified atom stereocenters. The standard InChI is InChI=1S/C19H21NO/c1-4-21-19-10-6-9-18-16(19)11-12-20(18)13-17-14(2)7-5-8-15(17)3/h5-12H,4,13H2,1-3H3. The highest BCUT2D eigenvalue weighted by molar-refractivity contribution is 5.86. The Kier molecular flexibility index (Phi) is 3.70. The van der Waals surface area contributed by atoms with Crippen LogP contribution >= 0.6 is 0 Å². The van der Waals surface area contributed by atoms with E-state index in [1.165, 1.54) is 27.6 Å². The van der Waals surface area contributed by atoms with E-state index >= 15 is 0 Å². The van der Waals surface area contributed by atoms with Gasteiger partial charge in [-0.1, -0.05) is 24.3 Å². The third kappa shape index (κ3) is 2.54. The van der Waals surface area contributed by atoms with Crippen molar-refractivity contribution in [3.63, 3.8) is 0 Å². The van der Waals surface area contributed by atoms with Gasteiger partial charge in [-0.25, -0.2) is 0 Å². The lowest BCUT2D eigenvalue weighted by Crippen LogP contribution is -2.02. The molecule has 2 aromatic carbocycles. The van der Waals surface area contributed by atoms with Gasteiger partial charge in [0.25, 0.3) is 0 Å². The Labute approximate surface area is 126 Å². The fourth-order valence-electron chi connectivity index (χ4n) is 2.88. The largest absolute Gasteiger partial charge is 0.493 e. The summed E-state index contributed by atoms with van der Waals surface area (Å²) in [6, 6.07) is 14.9. The maximum atomic E-state index is 5.72. The second-order valence-electron chi connectivity index (χ2n) is 5.44. The van der Waals surface area contributed by atoms with Crippen LogP contribution in [0.2, 0.25) is 0 Å². The smallest absolute Gasteiger partial charge is 0.128 e. The summed E-state index contributed by atoms with van der Waals surface area (Å²) in [5.41, 5.74) is 5.32. The van der Waals surface area contributed by atoms with Crippen LogP contribution in [0.3, 0.4) is 0 Å². The second kappa shape index (κ2) is 5.65. The number of rotatable bonds is 4. The first kappa shape index (κ1) is 13.7. The third-order valence-corrected chi connectivity index (χ3v) is 4.05. The normalized spacial score (nSPS) is 11.0. The molecule has 3 aromatic rings. The Balaban J connectivity index is 2.04. The number of aryl methyl sites for hydroxylation is 2. The Bertz CT molecular complexity index is 750. The van der Waals surface area contributed by atoms with E-state index in [0.717, 1.165) is 12.3 Å². The molecule has 0 amide bonds. The number of hydrogen-bond acceptors (Lipinski definition) is 1. The van der Waals surface area contributed by atoms with Crippen LogP contribution in [-0.2, 0) is 6.54 Å². The highest BCUT2D eigenvalue weighted by Crippen LogP contribution is 2.27. The first-order valence-corrected chi connectivity index (χ1v) is 7.46. The first-order chi connectivity index (χ1) is 10.2. The van der Waals surface area contributed by atoms with Crippen molar-refractivity contribution in [2.24, 2.45) is 0 Å². The van der Waals surface area contributed by atoms with Crippen LogP contribution in [0, 0.1) is 13.8 Å². The minimum atomic E-state index is 0.696. The summed E-state index contributed by atoms with van der Waals surface area (Å²) in [6.45, 7) is 7.98. The summed E-state index contributed by atoms with van der Waals surface area (Å²) in [4.78, 5) is 0. The van der Waals surface area contributed by atoms with Crippen LogP contribution in [0.25, 0.3) is 10.9 Å². The maximum Gasteiger partial charge on any atom is 0.128 e. The van der Waals surface area contributed by atoms with Crippen molar-refractivity contribution in [2.45, 2.75) is 27.3 Å². The summed E-state index contributed by atoms with van der Waals surface area (Å²) in [5.74, 6) is 0.968. The number of fused-ring (bicyclic) bond motifs is 1. The summed E-state index contributed by atoms with van der Waals surface area (Å²) in [6.07, 6.45) is 2.15. The molecule has 0 bridgehead atoms. The van der Waals surface area contributed by atoms with Gasteiger partial charge >= 0.3 is 0 Å². The molecule has 0 atom stereocenters. The molecule has 0 N–H and O–H groups in total. The first-order valence-electron chi connectivity index (χ1n) is 7.46. The monoisotopic (exact) mass is 279 g/mol. The summed E-state index contributed by atoms with van der Waals surface area (Å²) in [7, 11) is 0. The van der Waals surface area contributed by atoms with Crippen molar-refractivity contribution in [1.29, 1.82) is 0 Å². The molecule has 108 valence electrons. The third-order valence-electron chi connectivity index (χ3n) is 4.05. The van der Waals surface area contributed by atoms with Gasteiger partial charge in [0, 0.05) is 18.1 Å². The van der Waals surface area contributed by atoms with Crippen molar-refractivity contribution in [1.82, 2.24) is 4.57 Å². The number of hydrogen-bond donors (Lipinski definition) is 0. The summed E-state index contributed by atoms with van der Waals surface area (Å²) in [5, 5.41) is 1.19. The van der Waals surface area contributed by atoms with E-state index in [-0.39, 0.29) is 0 Å². The minimum Gasteiger partial charge on any atom is -0.493 e. The van der Waals surface area contributed by atoms with Gasteiger partial charge in [-0.15, -0.1) is 0 Å². The van der Waals surface area contributed by atoms with Crippen molar-refractivity contribution in [2.75, 3.05) is 6.61 Å². The van der Waals surface area contributed by atoms with Crippen LogP contribution in [0.4, 0.5) is 0 Å². The van der Waals surface area contributed by atoms with Crippen LogP contribution in [0.5, 0.6) is 5.75 Å². The molecule has 0 saturated carbocycles. The zero-order valence-corrected chi connectivity index (χ0v) is 12.9. The molecule has 3 rings (SSSR count). The SMILES string of the molecule is CCOc1cccc2c1ccn2Cc1c(C)cccc1C. The average molecular weight is 279 g/mol. The molecular weight excluding hydrogens is 258 g/mol. The van der Waals surface area contributed by atoms with Crippen LogP contribution < -0.4 is 4.74 Å². The second-order valence-corrected chi connectivity index (χ2v) is 5.44. The van der Waals surface area contributed by atoms with Crippen molar-refractivity contribution >= 4 is 10.9 Å². The van der Waals surface area contributed by atoms with Gasteiger partial charge in [-0.05, 0) is 55.7 Å². The van der Waals surface area contributed by atoms with Gasteiger partial charge < -0.3 is 9.30 Å². The Morgan fingerprint density at radius 1 is 0.952 bits per heavy atom. The number of benzene rings is 2. The van der Waals surface area contributed by atoms with Gasteiger partial charge in [0.05, 0.1) is 12.1 Å². The van der Waals surface area contributed by atoms with Gasteiger partial charge in [-0.3, -0.25) is 0 Å². The van der Waals surface area contributed by atoms with E-state index in [9.17, 15) is 0 Å². The molecule has 0 aliphatic heterocycles. The zero-order valence-electron chi connectivity index (χ0n) is 12.9. The molecule has 0 radical (unpaired) electrons. The zero-order chi connectivity index (χ0) is 14.8. The molecule has 0 saturated heterocycles. The van der Waals surface area contributed by atoms with E-state index in [1.54, 1.807) is 0 Å². The Morgan fingerprint density at radius 2 is 1.67 bits per heavy atom. The van der Waals surface area contributed by atoms with E-state index in [4.69, 9.17) is 4.74 Å². The Hall–Kier alpha value is -2.22. The van der Waals surface area contributed by atoms with E-state index in [0.29, 0.717) is 6.61 Å². The number of ether oxygens (including phenoxy) is 1. The van der Waals surface area contributed by atoms with Gasteiger partial charge in [0.15, 0.2) is 0 Å². The molecule has 1 heterocycles. The molecule has 0 aliphatic carbocycles. The number of aromatic nitrogens is 1. The highest BCUT2D eigenvalue weighted by Gasteiger charge is 2.08. The molecule has 1 aromatic heterocycles. The molecule has 0 fully saturated rings. The lowest BCUT2D eigenvalue weighted by Gasteiger charge is -2.12. The molecular formula is C19H21NO. The predicted molar refractivity (Wildman–Crippen MR) is 88.1 cm³/mol.